The predicted molar refractivity (Wildman–Crippen MR) is 72.6 cm³/mol. The van der Waals surface area contributed by atoms with Gasteiger partial charge in [-0.25, -0.2) is 0 Å². The summed E-state index contributed by atoms with van der Waals surface area (Å²) in [6, 6.07) is 18.0. The fraction of sp³-hybridized carbons (Fsp3) is 0.200. The van der Waals surface area contributed by atoms with Gasteiger partial charge in [0.25, 0.3) is 0 Å². The minimum absolute atomic E-state index is 0.436. The smallest absolute Gasteiger partial charge is 0.0662 e. The van der Waals surface area contributed by atoms with Crippen molar-refractivity contribution < 1.29 is 0 Å². The van der Waals surface area contributed by atoms with Crippen LogP contribution in [0.25, 0.3) is 0 Å². The molecule has 2 rings (SSSR count). The van der Waals surface area contributed by atoms with E-state index in [4.69, 9.17) is 11.5 Å². The summed E-state index contributed by atoms with van der Waals surface area (Å²) >= 11 is 0. The van der Waals surface area contributed by atoms with Crippen molar-refractivity contribution in [2.45, 2.75) is 18.9 Å². The van der Waals surface area contributed by atoms with Gasteiger partial charge in [-0.1, -0.05) is 49.4 Å². The molecule has 0 radical (unpaired) electrons. The molecule has 2 aromatic carbocycles. The van der Waals surface area contributed by atoms with Gasteiger partial charge in [0.05, 0.1) is 5.54 Å². The summed E-state index contributed by atoms with van der Waals surface area (Å²) in [4.78, 5) is 0. The Balaban J connectivity index is 2.48. The molecule has 0 saturated carbocycles. The fourth-order valence-corrected chi connectivity index (χ4v) is 2.09. The molecule has 0 spiro atoms. The normalized spacial score (nSPS) is 14.2. The average molecular weight is 226 g/mol. The van der Waals surface area contributed by atoms with Crippen LogP contribution in [-0.4, -0.2) is 0 Å². The third-order valence-corrected chi connectivity index (χ3v) is 3.27. The van der Waals surface area contributed by atoms with Crippen LogP contribution in [0.3, 0.4) is 0 Å². The summed E-state index contributed by atoms with van der Waals surface area (Å²) in [6.45, 7) is 2.10. The number of rotatable bonds is 3. The van der Waals surface area contributed by atoms with Gasteiger partial charge in [0.2, 0.25) is 0 Å². The van der Waals surface area contributed by atoms with Crippen LogP contribution in [0.1, 0.15) is 24.5 Å². The predicted octanol–water partition coefficient (Wildman–Crippen LogP) is 2.88. The van der Waals surface area contributed by atoms with Crippen molar-refractivity contribution in [2.24, 2.45) is 5.73 Å². The van der Waals surface area contributed by atoms with Gasteiger partial charge >= 0.3 is 0 Å². The van der Waals surface area contributed by atoms with Gasteiger partial charge in [-0.2, -0.15) is 0 Å². The van der Waals surface area contributed by atoms with E-state index in [0.717, 1.165) is 23.2 Å². The lowest BCUT2D eigenvalue weighted by atomic mass is 9.81. The first-order valence-corrected chi connectivity index (χ1v) is 5.87. The lowest BCUT2D eigenvalue weighted by Gasteiger charge is -2.29. The second-order valence-electron chi connectivity index (χ2n) is 4.31. The Morgan fingerprint density at radius 2 is 1.41 bits per heavy atom. The maximum atomic E-state index is 6.55. The molecular formula is C15H18N2. The van der Waals surface area contributed by atoms with E-state index >= 15 is 0 Å². The van der Waals surface area contributed by atoms with E-state index in [1.165, 1.54) is 0 Å². The van der Waals surface area contributed by atoms with E-state index in [1.54, 1.807) is 0 Å². The highest BCUT2D eigenvalue weighted by Crippen LogP contribution is 2.30. The third-order valence-electron chi connectivity index (χ3n) is 3.27. The van der Waals surface area contributed by atoms with Crippen LogP contribution in [0.2, 0.25) is 0 Å². The second-order valence-corrected chi connectivity index (χ2v) is 4.31. The highest BCUT2D eigenvalue weighted by Gasteiger charge is 2.26. The molecule has 88 valence electrons. The van der Waals surface area contributed by atoms with E-state index in [2.05, 4.69) is 19.1 Å². The van der Waals surface area contributed by atoms with Gasteiger partial charge in [-0.05, 0) is 29.7 Å². The summed E-state index contributed by atoms with van der Waals surface area (Å²) < 4.78 is 0. The zero-order chi connectivity index (χ0) is 12.3. The summed E-state index contributed by atoms with van der Waals surface area (Å²) in [7, 11) is 0. The molecule has 2 heteroatoms. The van der Waals surface area contributed by atoms with E-state index in [-0.39, 0.29) is 0 Å². The molecule has 17 heavy (non-hydrogen) atoms. The quantitative estimate of drug-likeness (QED) is 0.791. The van der Waals surface area contributed by atoms with E-state index < -0.39 is 5.54 Å². The molecule has 4 N–H and O–H groups in total. The first-order chi connectivity index (χ1) is 8.16. The van der Waals surface area contributed by atoms with Crippen LogP contribution in [0.4, 0.5) is 5.69 Å². The zero-order valence-corrected chi connectivity index (χ0v) is 10.1. The zero-order valence-electron chi connectivity index (χ0n) is 10.1. The van der Waals surface area contributed by atoms with Crippen LogP contribution in [0.5, 0.6) is 0 Å². The lowest BCUT2D eigenvalue weighted by Crippen LogP contribution is -2.37. The van der Waals surface area contributed by atoms with Crippen molar-refractivity contribution in [3.8, 4) is 0 Å². The van der Waals surface area contributed by atoms with Gasteiger partial charge in [-0.15, -0.1) is 0 Å². The number of hydrogen-bond acceptors (Lipinski definition) is 2. The van der Waals surface area contributed by atoms with Gasteiger partial charge in [0.15, 0.2) is 0 Å². The van der Waals surface area contributed by atoms with Crippen molar-refractivity contribution in [3.05, 3.63) is 65.7 Å². The molecular weight excluding hydrogens is 208 g/mol. The average Bonchev–Trinajstić information content (AvgIpc) is 2.40. The Hall–Kier alpha value is -1.80. The van der Waals surface area contributed by atoms with Crippen LogP contribution in [0.15, 0.2) is 54.6 Å². The van der Waals surface area contributed by atoms with Crippen LogP contribution < -0.4 is 11.5 Å². The topological polar surface area (TPSA) is 52.0 Å². The molecule has 0 aromatic heterocycles. The van der Waals surface area contributed by atoms with Crippen molar-refractivity contribution in [3.63, 3.8) is 0 Å². The molecule has 2 aromatic rings. The summed E-state index contributed by atoms with van der Waals surface area (Å²) in [5, 5.41) is 0. The lowest BCUT2D eigenvalue weighted by molar-refractivity contribution is 0.519. The largest absolute Gasteiger partial charge is 0.399 e. The standard InChI is InChI=1S/C15H18N2/c1-2-15(17,12-6-4-3-5-7-12)13-8-10-14(16)11-9-13/h3-11H,2,16-17H2,1H3. The molecule has 0 aliphatic rings. The van der Waals surface area contributed by atoms with Crippen LogP contribution in [0, 0.1) is 0 Å². The maximum absolute atomic E-state index is 6.55. The van der Waals surface area contributed by atoms with E-state index in [1.807, 2.05) is 42.5 Å². The van der Waals surface area contributed by atoms with E-state index in [0.29, 0.717) is 0 Å². The maximum Gasteiger partial charge on any atom is 0.0662 e. The SMILES string of the molecule is CCC(N)(c1ccccc1)c1ccc(N)cc1. The van der Waals surface area contributed by atoms with Crippen molar-refractivity contribution in [1.29, 1.82) is 0 Å². The molecule has 0 fully saturated rings. The first-order valence-electron chi connectivity index (χ1n) is 5.87. The second kappa shape index (κ2) is 4.60. The summed E-state index contributed by atoms with van der Waals surface area (Å²) in [6.07, 6.45) is 0.848. The number of benzene rings is 2. The van der Waals surface area contributed by atoms with Gasteiger partial charge < -0.3 is 11.5 Å². The molecule has 0 aliphatic carbocycles. The van der Waals surface area contributed by atoms with Crippen molar-refractivity contribution in [2.75, 3.05) is 5.73 Å². The summed E-state index contributed by atoms with van der Waals surface area (Å²) in [5.74, 6) is 0. The third kappa shape index (κ3) is 2.17. The number of anilines is 1. The Kier molecular flexibility index (Phi) is 3.16. The van der Waals surface area contributed by atoms with Gasteiger partial charge in [-0.3, -0.25) is 0 Å². The van der Waals surface area contributed by atoms with E-state index in [9.17, 15) is 0 Å². The highest BCUT2D eigenvalue weighted by atomic mass is 14.7. The van der Waals surface area contributed by atoms with Crippen molar-refractivity contribution in [1.82, 2.24) is 0 Å². The Morgan fingerprint density at radius 1 is 0.882 bits per heavy atom. The molecule has 2 nitrogen and oxygen atoms in total. The van der Waals surface area contributed by atoms with Gasteiger partial charge in [0.1, 0.15) is 0 Å². The van der Waals surface area contributed by atoms with Crippen molar-refractivity contribution >= 4 is 5.69 Å². The van der Waals surface area contributed by atoms with Gasteiger partial charge in [0, 0.05) is 5.69 Å². The molecule has 0 heterocycles. The minimum atomic E-state index is -0.436. The summed E-state index contributed by atoms with van der Waals surface area (Å²) in [5.41, 5.74) is 14.8. The Bertz CT molecular complexity index is 476. The molecule has 1 unspecified atom stereocenters. The van der Waals surface area contributed by atoms with Crippen LogP contribution in [-0.2, 0) is 5.54 Å². The number of hydrogen-bond donors (Lipinski definition) is 2. The Labute approximate surface area is 102 Å². The van der Waals surface area contributed by atoms with Crippen LogP contribution >= 0.6 is 0 Å². The Morgan fingerprint density at radius 3 is 1.94 bits per heavy atom. The molecule has 0 amide bonds. The molecule has 0 aliphatic heterocycles. The molecule has 1 atom stereocenters. The minimum Gasteiger partial charge on any atom is -0.399 e. The monoisotopic (exact) mass is 226 g/mol. The number of nitrogen functional groups attached to an aromatic ring is 1. The first kappa shape index (κ1) is 11.7. The number of nitrogens with two attached hydrogens (primary N) is 2. The highest BCUT2D eigenvalue weighted by molar-refractivity contribution is 5.45. The molecule has 0 bridgehead atoms. The molecule has 0 saturated heterocycles. The fourth-order valence-electron chi connectivity index (χ4n) is 2.09.